The van der Waals surface area contributed by atoms with Gasteiger partial charge in [0.1, 0.15) is 17.4 Å². The number of ether oxygens (including phenoxy) is 1. The fourth-order valence-corrected chi connectivity index (χ4v) is 2.67. The summed E-state index contributed by atoms with van der Waals surface area (Å²) in [6.45, 7) is 0.319. The second-order valence-electron chi connectivity index (χ2n) is 5.10. The number of nitrogens with one attached hydrogen (secondary N) is 1. The third-order valence-electron chi connectivity index (χ3n) is 3.39. The predicted molar refractivity (Wildman–Crippen MR) is 91.6 cm³/mol. The molecule has 0 aromatic heterocycles. The molecule has 7 heteroatoms. The van der Waals surface area contributed by atoms with Gasteiger partial charge in [-0.3, -0.25) is 0 Å². The number of benzene rings is 2. The zero-order valence-corrected chi connectivity index (χ0v) is 14.4. The van der Waals surface area contributed by atoms with E-state index in [1.54, 1.807) is 25.9 Å². The number of rotatable bonds is 5. The SMILES string of the molecule is COc1cc(CN(C)C(=O)Nc2ccc(F)cc2F)ccc1SC. The van der Waals surface area contributed by atoms with Gasteiger partial charge >= 0.3 is 6.03 Å². The first-order valence-electron chi connectivity index (χ1n) is 7.12. The molecule has 0 saturated carbocycles. The van der Waals surface area contributed by atoms with Crippen LogP contribution in [0.1, 0.15) is 5.56 Å². The van der Waals surface area contributed by atoms with E-state index in [1.807, 2.05) is 24.5 Å². The number of carbonyl (C=O) groups is 1. The molecule has 4 nitrogen and oxygen atoms in total. The Morgan fingerprint density at radius 1 is 1.25 bits per heavy atom. The van der Waals surface area contributed by atoms with Gasteiger partial charge in [0.25, 0.3) is 0 Å². The van der Waals surface area contributed by atoms with Crippen molar-refractivity contribution in [2.75, 3.05) is 25.7 Å². The highest BCUT2D eigenvalue weighted by atomic mass is 32.2. The summed E-state index contributed by atoms with van der Waals surface area (Å²) >= 11 is 1.57. The first-order valence-corrected chi connectivity index (χ1v) is 8.35. The van der Waals surface area contributed by atoms with E-state index >= 15 is 0 Å². The van der Waals surface area contributed by atoms with E-state index in [4.69, 9.17) is 4.74 Å². The summed E-state index contributed by atoms with van der Waals surface area (Å²) in [5.41, 5.74) is 0.811. The molecule has 2 rings (SSSR count). The van der Waals surface area contributed by atoms with Gasteiger partial charge in [0.2, 0.25) is 0 Å². The Morgan fingerprint density at radius 2 is 2.00 bits per heavy atom. The van der Waals surface area contributed by atoms with Gasteiger partial charge in [-0.05, 0) is 36.1 Å². The van der Waals surface area contributed by atoms with Crippen LogP contribution in [0.5, 0.6) is 5.75 Å². The standard InChI is InChI=1S/C17H18F2N2O2S/c1-21(10-11-4-7-16(24-3)15(8-11)23-2)17(22)20-14-6-5-12(18)9-13(14)19/h4-9H,10H2,1-3H3,(H,20,22). The molecule has 0 fully saturated rings. The van der Waals surface area contributed by atoms with Gasteiger partial charge < -0.3 is 15.0 Å². The summed E-state index contributed by atoms with van der Waals surface area (Å²) in [6.07, 6.45) is 1.95. The third kappa shape index (κ3) is 4.38. The van der Waals surface area contributed by atoms with Gasteiger partial charge in [0.05, 0.1) is 12.8 Å². The van der Waals surface area contributed by atoms with Crippen molar-refractivity contribution in [3.05, 3.63) is 53.6 Å². The summed E-state index contributed by atoms with van der Waals surface area (Å²) < 4.78 is 31.8. The third-order valence-corrected chi connectivity index (χ3v) is 4.16. The van der Waals surface area contributed by atoms with Crippen LogP contribution in [0.25, 0.3) is 0 Å². The van der Waals surface area contributed by atoms with Crippen LogP contribution < -0.4 is 10.1 Å². The van der Waals surface area contributed by atoms with Crippen LogP contribution in [0.15, 0.2) is 41.3 Å². The van der Waals surface area contributed by atoms with Crippen molar-refractivity contribution in [1.82, 2.24) is 4.90 Å². The van der Waals surface area contributed by atoms with E-state index in [0.717, 1.165) is 28.3 Å². The van der Waals surface area contributed by atoms with Gasteiger partial charge in [-0.1, -0.05) is 6.07 Å². The summed E-state index contributed by atoms with van der Waals surface area (Å²) in [5.74, 6) is -0.777. The second-order valence-corrected chi connectivity index (χ2v) is 5.95. The molecule has 0 aliphatic heterocycles. The molecule has 0 radical (unpaired) electrons. The van der Waals surface area contributed by atoms with Crippen LogP contribution in [0.3, 0.4) is 0 Å². The fourth-order valence-electron chi connectivity index (χ4n) is 2.13. The van der Waals surface area contributed by atoms with Crippen LogP contribution in [0, 0.1) is 11.6 Å². The minimum absolute atomic E-state index is 0.0661. The van der Waals surface area contributed by atoms with Crippen molar-refractivity contribution in [2.24, 2.45) is 0 Å². The maximum absolute atomic E-state index is 13.6. The van der Waals surface area contributed by atoms with Crippen LogP contribution in [0.4, 0.5) is 19.3 Å². The summed E-state index contributed by atoms with van der Waals surface area (Å²) in [7, 11) is 3.18. The monoisotopic (exact) mass is 352 g/mol. The molecule has 0 heterocycles. The van der Waals surface area contributed by atoms with Gasteiger partial charge in [-0.25, -0.2) is 13.6 Å². The molecule has 2 aromatic carbocycles. The maximum Gasteiger partial charge on any atom is 0.321 e. The predicted octanol–water partition coefficient (Wildman–Crippen LogP) is 4.36. The number of hydrogen-bond acceptors (Lipinski definition) is 3. The zero-order valence-electron chi connectivity index (χ0n) is 13.6. The molecule has 1 N–H and O–H groups in total. The second kappa shape index (κ2) is 8.01. The number of halogens is 2. The number of anilines is 1. The highest BCUT2D eigenvalue weighted by molar-refractivity contribution is 7.98. The molecule has 2 amide bonds. The Hall–Kier alpha value is -2.28. The van der Waals surface area contributed by atoms with Crippen molar-refractivity contribution in [3.63, 3.8) is 0 Å². The highest BCUT2D eigenvalue weighted by Gasteiger charge is 2.13. The van der Waals surface area contributed by atoms with Crippen LogP contribution >= 0.6 is 11.8 Å². The molecular formula is C17H18F2N2O2S. The molecule has 2 aromatic rings. The normalized spacial score (nSPS) is 10.4. The lowest BCUT2D eigenvalue weighted by atomic mass is 10.2. The molecule has 0 aliphatic rings. The number of hydrogen-bond donors (Lipinski definition) is 1. The van der Waals surface area contributed by atoms with Crippen molar-refractivity contribution in [1.29, 1.82) is 0 Å². The smallest absolute Gasteiger partial charge is 0.321 e. The van der Waals surface area contributed by atoms with E-state index in [2.05, 4.69) is 5.32 Å². The van der Waals surface area contributed by atoms with Gasteiger partial charge in [0.15, 0.2) is 0 Å². The minimum atomic E-state index is -0.817. The number of thioether (sulfide) groups is 1. The van der Waals surface area contributed by atoms with E-state index in [-0.39, 0.29) is 5.69 Å². The van der Waals surface area contributed by atoms with E-state index < -0.39 is 17.7 Å². The zero-order chi connectivity index (χ0) is 17.7. The lowest BCUT2D eigenvalue weighted by molar-refractivity contribution is 0.220. The molecule has 0 saturated heterocycles. The van der Waals surface area contributed by atoms with Crippen molar-refractivity contribution in [2.45, 2.75) is 11.4 Å². The number of carbonyl (C=O) groups excluding carboxylic acids is 1. The lowest BCUT2D eigenvalue weighted by Crippen LogP contribution is -2.31. The first-order chi connectivity index (χ1) is 11.4. The van der Waals surface area contributed by atoms with Crippen LogP contribution in [0.2, 0.25) is 0 Å². The Bertz CT molecular complexity index is 741. The van der Waals surface area contributed by atoms with Gasteiger partial charge in [0, 0.05) is 24.6 Å². The largest absolute Gasteiger partial charge is 0.496 e. The highest BCUT2D eigenvalue weighted by Crippen LogP contribution is 2.28. The van der Waals surface area contributed by atoms with Crippen molar-refractivity contribution < 1.29 is 18.3 Å². The lowest BCUT2D eigenvalue weighted by Gasteiger charge is -2.19. The maximum atomic E-state index is 13.6. The molecule has 0 unspecified atom stereocenters. The summed E-state index contributed by atoms with van der Waals surface area (Å²) in [5, 5.41) is 2.42. The molecular weight excluding hydrogens is 334 g/mol. The molecule has 0 bridgehead atoms. The molecule has 0 spiro atoms. The molecule has 0 atom stereocenters. The van der Waals surface area contributed by atoms with Crippen LogP contribution in [-0.2, 0) is 6.54 Å². The molecule has 128 valence electrons. The van der Waals surface area contributed by atoms with Crippen LogP contribution in [-0.4, -0.2) is 31.3 Å². The van der Waals surface area contributed by atoms with Crippen molar-refractivity contribution >= 4 is 23.5 Å². The molecule has 24 heavy (non-hydrogen) atoms. The Kier molecular flexibility index (Phi) is 6.03. The van der Waals surface area contributed by atoms with Gasteiger partial charge in [-0.15, -0.1) is 11.8 Å². The summed E-state index contributed by atoms with van der Waals surface area (Å²) in [4.78, 5) is 14.6. The number of amides is 2. The fraction of sp³-hybridized carbons (Fsp3) is 0.235. The van der Waals surface area contributed by atoms with E-state index in [1.165, 1.54) is 11.0 Å². The van der Waals surface area contributed by atoms with E-state index in [0.29, 0.717) is 6.54 Å². The Balaban J connectivity index is 2.06. The van der Waals surface area contributed by atoms with Crippen molar-refractivity contribution in [3.8, 4) is 5.75 Å². The average molecular weight is 352 g/mol. The molecule has 0 aliphatic carbocycles. The number of urea groups is 1. The van der Waals surface area contributed by atoms with Gasteiger partial charge in [-0.2, -0.15) is 0 Å². The number of nitrogens with zero attached hydrogens (tertiary/aromatic N) is 1. The minimum Gasteiger partial charge on any atom is -0.496 e. The number of methoxy groups -OCH3 is 1. The van der Waals surface area contributed by atoms with E-state index in [9.17, 15) is 13.6 Å². The first kappa shape index (κ1) is 18.1. The topological polar surface area (TPSA) is 41.6 Å². The Labute approximate surface area is 143 Å². The average Bonchev–Trinajstić information content (AvgIpc) is 2.57. The summed E-state index contributed by atoms with van der Waals surface area (Å²) in [6, 6.07) is 8.18. The Morgan fingerprint density at radius 3 is 2.62 bits per heavy atom. The quantitative estimate of drug-likeness (QED) is 0.813.